The predicted molar refractivity (Wildman–Crippen MR) is 203 cm³/mol. The first-order valence-electron chi connectivity index (χ1n) is 16.2. The van der Waals surface area contributed by atoms with Gasteiger partial charge in [0.05, 0.1) is 35.7 Å². The van der Waals surface area contributed by atoms with E-state index in [0.29, 0.717) is 11.4 Å². The Bertz CT molecular complexity index is 2160. The topological polar surface area (TPSA) is 53.0 Å². The molecule has 1 aliphatic rings. The normalized spacial score (nSPS) is 14.2. The lowest BCUT2D eigenvalue weighted by Gasteiger charge is -2.32. The summed E-state index contributed by atoms with van der Waals surface area (Å²) in [6.07, 6.45) is 0. The molecule has 7 rings (SSSR count). The van der Waals surface area contributed by atoms with E-state index in [0.717, 1.165) is 50.2 Å². The van der Waals surface area contributed by atoms with Crippen LogP contribution >= 0.6 is 11.6 Å². The highest BCUT2D eigenvalue weighted by Gasteiger charge is 2.51. The zero-order valence-electron chi connectivity index (χ0n) is 28.3. The van der Waals surface area contributed by atoms with E-state index < -0.39 is 0 Å². The molecule has 6 nitrogen and oxygen atoms in total. The van der Waals surface area contributed by atoms with Crippen LogP contribution < -0.4 is 5.46 Å². The van der Waals surface area contributed by atoms with Gasteiger partial charge in [0, 0.05) is 11.1 Å². The molecule has 50 heavy (non-hydrogen) atoms. The Hall–Kier alpha value is -5.57. The SMILES string of the molecule is [C-]#[N+]c1ccc(-c2ccc(-c3cc(-c4ccccc4)nc(Cl)n3)cc2)cc1.[C-]#[N+]c1ccc(-c2ccc(B3OC(C)(C)C(C)(C)O3)cc2)cc1. The van der Waals surface area contributed by atoms with E-state index in [1.807, 2.05) is 121 Å². The number of hydrogen-bond donors (Lipinski definition) is 0. The summed E-state index contributed by atoms with van der Waals surface area (Å²) in [6.45, 7) is 22.3. The molecule has 0 spiro atoms. The van der Waals surface area contributed by atoms with Gasteiger partial charge in [0.15, 0.2) is 11.4 Å². The molecule has 0 radical (unpaired) electrons. The molecule has 2 heterocycles. The van der Waals surface area contributed by atoms with Crippen molar-refractivity contribution in [3.8, 4) is 44.8 Å². The summed E-state index contributed by atoms with van der Waals surface area (Å²) < 4.78 is 12.1. The van der Waals surface area contributed by atoms with E-state index in [2.05, 4.69) is 59.5 Å². The fourth-order valence-electron chi connectivity index (χ4n) is 5.42. The molecule has 0 amide bonds. The smallest absolute Gasteiger partial charge is 0.399 e. The summed E-state index contributed by atoms with van der Waals surface area (Å²) in [5, 5.41) is 0.227. The van der Waals surface area contributed by atoms with Crippen molar-refractivity contribution in [2.45, 2.75) is 38.9 Å². The van der Waals surface area contributed by atoms with Gasteiger partial charge in [-0.1, -0.05) is 127 Å². The van der Waals surface area contributed by atoms with E-state index in [-0.39, 0.29) is 23.6 Å². The molecule has 1 aromatic heterocycles. The minimum atomic E-state index is -0.335. The zero-order valence-corrected chi connectivity index (χ0v) is 29.0. The van der Waals surface area contributed by atoms with Crippen LogP contribution in [-0.4, -0.2) is 28.3 Å². The average molecular weight is 673 g/mol. The maximum absolute atomic E-state index is 7.04. The summed E-state index contributed by atoms with van der Waals surface area (Å²) >= 11 is 6.16. The van der Waals surface area contributed by atoms with Crippen molar-refractivity contribution in [3.05, 3.63) is 162 Å². The van der Waals surface area contributed by atoms with Crippen molar-refractivity contribution >= 4 is 35.6 Å². The van der Waals surface area contributed by atoms with Crippen LogP contribution in [0.4, 0.5) is 11.4 Å². The van der Waals surface area contributed by atoms with Crippen LogP contribution in [0.2, 0.25) is 5.28 Å². The third-order valence-electron chi connectivity index (χ3n) is 9.04. The molecule has 0 bridgehead atoms. The molecule has 5 aromatic carbocycles. The van der Waals surface area contributed by atoms with Crippen molar-refractivity contribution < 1.29 is 9.31 Å². The number of hydrogen-bond acceptors (Lipinski definition) is 4. The first kappa shape index (κ1) is 34.3. The van der Waals surface area contributed by atoms with Gasteiger partial charge in [-0.05, 0) is 73.1 Å². The lowest BCUT2D eigenvalue weighted by Crippen LogP contribution is -2.41. The lowest BCUT2D eigenvalue weighted by atomic mass is 9.78. The van der Waals surface area contributed by atoms with Crippen LogP contribution in [0, 0.1) is 13.1 Å². The van der Waals surface area contributed by atoms with Crippen LogP contribution in [0.25, 0.3) is 54.5 Å². The molecule has 0 saturated carbocycles. The van der Waals surface area contributed by atoms with E-state index in [1.54, 1.807) is 0 Å². The van der Waals surface area contributed by atoms with Gasteiger partial charge in [0.2, 0.25) is 5.28 Å². The van der Waals surface area contributed by atoms with Gasteiger partial charge in [-0.15, -0.1) is 0 Å². The van der Waals surface area contributed by atoms with Gasteiger partial charge in [0.1, 0.15) is 0 Å². The number of benzene rings is 5. The average Bonchev–Trinajstić information content (AvgIpc) is 3.38. The van der Waals surface area contributed by atoms with Crippen molar-refractivity contribution in [3.63, 3.8) is 0 Å². The van der Waals surface area contributed by atoms with Crippen LogP contribution in [0.15, 0.2) is 133 Å². The van der Waals surface area contributed by atoms with Gasteiger partial charge >= 0.3 is 7.12 Å². The molecule has 6 aromatic rings. The predicted octanol–water partition coefficient (Wildman–Crippen LogP) is 10.9. The summed E-state index contributed by atoms with van der Waals surface area (Å²) in [5.74, 6) is 0. The molecule has 0 aliphatic carbocycles. The van der Waals surface area contributed by atoms with Gasteiger partial charge in [0.25, 0.3) is 0 Å². The highest BCUT2D eigenvalue weighted by Crippen LogP contribution is 2.36. The van der Waals surface area contributed by atoms with Gasteiger partial charge in [-0.2, -0.15) is 0 Å². The fourth-order valence-corrected chi connectivity index (χ4v) is 5.61. The van der Waals surface area contributed by atoms with E-state index in [4.69, 9.17) is 34.1 Å². The van der Waals surface area contributed by atoms with Crippen LogP contribution in [0.3, 0.4) is 0 Å². The molecule has 1 aliphatic heterocycles. The third-order valence-corrected chi connectivity index (χ3v) is 9.21. The lowest BCUT2D eigenvalue weighted by molar-refractivity contribution is 0.00578. The summed E-state index contributed by atoms with van der Waals surface area (Å²) in [6, 6.07) is 43.4. The second-order valence-corrected chi connectivity index (χ2v) is 13.2. The van der Waals surface area contributed by atoms with E-state index in [1.165, 1.54) is 0 Å². The molecule has 0 N–H and O–H groups in total. The Morgan fingerprint density at radius 2 is 0.880 bits per heavy atom. The Morgan fingerprint density at radius 1 is 0.520 bits per heavy atom. The Labute approximate surface area is 299 Å². The largest absolute Gasteiger partial charge is 0.494 e. The van der Waals surface area contributed by atoms with E-state index >= 15 is 0 Å². The zero-order chi connectivity index (χ0) is 35.3. The molecule has 1 fully saturated rings. The van der Waals surface area contributed by atoms with Crippen LogP contribution in [-0.2, 0) is 9.31 Å². The molecule has 0 atom stereocenters. The monoisotopic (exact) mass is 672 g/mol. The third kappa shape index (κ3) is 7.67. The minimum absolute atomic E-state index is 0.227. The van der Waals surface area contributed by atoms with Crippen molar-refractivity contribution in [1.29, 1.82) is 0 Å². The summed E-state index contributed by atoms with van der Waals surface area (Å²) in [5.41, 5.74) is 9.56. The van der Waals surface area contributed by atoms with Crippen LogP contribution in [0.5, 0.6) is 0 Å². The van der Waals surface area contributed by atoms with Gasteiger partial charge < -0.3 is 9.31 Å². The quantitative estimate of drug-likeness (QED) is 0.104. The Morgan fingerprint density at radius 3 is 1.30 bits per heavy atom. The number of rotatable bonds is 5. The first-order valence-corrected chi connectivity index (χ1v) is 16.5. The first-order chi connectivity index (χ1) is 24.0. The number of nitrogens with zero attached hydrogens (tertiary/aromatic N) is 4. The standard InChI is InChI=1S/C23H14ClN3.C19H20BNO2/c1-25-20-13-11-17(12-14-20)16-7-9-19(10-8-16)22-15-21(26-23(24)27-22)18-5-3-2-4-6-18;1-18(2)19(3,4)23-20(22-18)16-10-6-14(7-11-16)15-8-12-17(21-5)13-9-15/h2-15H;6-13H,1-4H3. The van der Waals surface area contributed by atoms with Crippen LogP contribution in [0.1, 0.15) is 27.7 Å². The Kier molecular flexibility index (Phi) is 9.95. The number of aromatic nitrogens is 2. The highest BCUT2D eigenvalue weighted by atomic mass is 35.5. The van der Waals surface area contributed by atoms with Crippen molar-refractivity contribution in [2.24, 2.45) is 0 Å². The molecule has 244 valence electrons. The maximum atomic E-state index is 7.04. The molecule has 0 unspecified atom stereocenters. The van der Waals surface area contributed by atoms with Crippen molar-refractivity contribution in [1.82, 2.24) is 9.97 Å². The number of halogens is 1. The second kappa shape index (κ2) is 14.5. The van der Waals surface area contributed by atoms with Gasteiger partial charge in [-0.3, -0.25) is 0 Å². The second-order valence-electron chi connectivity index (χ2n) is 12.9. The molecular formula is C42H34BClN4O2. The molecule has 8 heteroatoms. The fraction of sp³-hybridized carbons (Fsp3) is 0.143. The van der Waals surface area contributed by atoms with Crippen molar-refractivity contribution in [2.75, 3.05) is 0 Å². The maximum Gasteiger partial charge on any atom is 0.494 e. The summed E-state index contributed by atoms with van der Waals surface area (Å²) in [7, 11) is -0.335. The summed E-state index contributed by atoms with van der Waals surface area (Å²) in [4.78, 5) is 15.6. The van der Waals surface area contributed by atoms with E-state index in [9.17, 15) is 0 Å². The Balaban J connectivity index is 0.000000175. The van der Waals surface area contributed by atoms with Gasteiger partial charge in [-0.25, -0.2) is 19.7 Å². The molecule has 1 saturated heterocycles. The minimum Gasteiger partial charge on any atom is -0.399 e. The molecular weight excluding hydrogens is 639 g/mol. The highest BCUT2D eigenvalue weighted by molar-refractivity contribution is 6.62.